The highest BCUT2D eigenvalue weighted by Gasteiger charge is 2.31. The summed E-state index contributed by atoms with van der Waals surface area (Å²) in [6, 6.07) is 1.20. The molecular formula is C13H19N7. The van der Waals surface area contributed by atoms with Crippen LogP contribution >= 0.6 is 0 Å². The Kier molecular flexibility index (Phi) is 2.73. The molecule has 106 valence electrons. The fraction of sp³-hybridized carbons (Fsp3) is 0.615. The third-order valence-corrected chi connectivity index (χ3v) is 4.49. The molecule has 4 heterocycles. The highest BCUT2D eigenvalue weighted by molar-refractivity contribution is 5.86. The molecule has 0 saturated carbocycles. The van der Waals surface area contributed by atoms with Crippen LogP contribution in [0.1, 0.15) is 25.7 Å². The van der Waals surface area contributed by atoms with E-state index in [1.165, 1.54) is 32.4 Å². The van der Waals surface area contributed by atoms with Gasteiger partial charge in [-0.2, -0.15) is 15.1 Å². The maximum Gasteiger partial charge on any atom is 0.224 e. The van der Waals surface area contributed by atoms with Crippen molar-refractivity contribution >= 4 is 22.8 Å². The van der Waals surface area contributed by atoms with Crippen molar-refractivity contribution in [2.24, 2.45) is 0 Å². The molecular weight excluding hydrogens is 254 g/mol. The van der Waals surface area contributed by atoms with E-state index in [9.17, 15) is 0 Å². The Hall–Kier alpha value is -1.89. The maximum absolute atomic E-state index is 5.76. The number of hydrogen-bond acceptors (Lipinski definition) is 6. The maximum atomic E-state index is 5.76. The third-order valence-electron chi connectivity index (χ3n) is 4.49. The van der Waals surface area contributed by atoms with Gasteiger partial charge in [0, 0.05) is 18.6 Å². The Morgan fingerprint density at radius 3 is 3.20 bits per heavy atom. The zero-order valence-electron chi connectivity index (χ0n) is 11.3. The summed E-state index contributed by atoms with van der Waals surface area (Å²) >= 11 is 0. The van der Waals surface area contributed by atoms with E-state index in [0.717, 1.165) is 23.7 Å². The minimum absolute atomic E-state index is 0.280. The van der Waals surface area contributed by atoms with Crippen molar-refractivity contribution in [3.8, 4) is 0 Å². The van der Waals surface area contributed by atoms with Gasteiger partial charge in [0.25, 0.3) is 0 Å². The normalized spacial score (nSPS) is 26.8. The van der Waals surface area contributed by atoms with Crippen molar-refractivity contribution in [1.82, 2.24) is 25.1 Å². The minimum Gasteiger partial charge on any atom is -0.368 e. The first-order chi connectivity index (χ1) is 9.79. The average molecular weight is 273 g/mol. The van der Waals surface area contributed by atoms with Crippen LogP contribution < -0.4 is 11.1 Å². The van der Waals surface area contributed by atoms with Crippen molar-refractivity contribution in [2.75, 3.05) is 24.1 Å². The molecule has 0 spiro atoms. The van der Waals surface area contributed by atoms with Gasteiger partial charge >= 0.3 is 0 Å². The summed E-state index contributed by atoms with van der Waals surface area (Å²) in [4.78, 5) is 11.1. The number of aromatic amines is 1. The van der Waals surface area contributed by atoms with Crippen LogP contribution in [-0.2, 0) is 0 Å². The topological polar surface area (TPSA) is 95.7 Å². The Morgan fingerprint density at radius 2 is 2.25 bits per heavy atom. The Labute approximate surface area is 117 Å². The van der Waals surface area contributed by atoms with Gasteiger partial charge in [0.1, 0.15) is 5.82 Å². The molecule has 0 amide bonds. The lowest BCUT2D eigenvalue weighted by Crippen LogP contribution is -2.42. The molecule has 0 radical (unpaired) electrons. The lowest BCUT2D eigenvalue weighted by Gasteiger charge is -2.35. The fourth-order valence-corrected chi connectivity index (χ4v) is 3.51. The zero-order valence-corrected chi connectivity index (χ0v) is 11.3. The van der Waals surface area contributed by atoms with Gasteiger partial charge in [0.2, 0.25) is 5.95 Å². The summed E-state index contributed by atoms with van der Waals surface area (Å²) in [7, 11) is 0. The van der Waals surface area contributed by atoms with Gasteiger partial charge in [-0.1, -0.05) is 0 Å². The van der Waals surface area contributed by atoms with E-state index in [4.69, 9.17) is 5.73 Å². The molecule has 2 saturated heterocycles. The van der Waals surface area contributed by atoms with Gasteiger partial charge in [0.15, 0.2) is 5.65 Å². The molecule has 2 atom stereocenters. The van der Waals surface area contributed by atoms with Gasteiger partial charge in [-0.15, -0.1) is 0 Å². The molecule has 7 nitrogen and oxygen atoms in total. The molecule has 2 unspecified atom stereocenters. The SMILES string of the molecule is Nc1nc(NC2CCN3CCCC3C2)c2cn[nH]c2n1. The summed E-state index contributed by atoms with van der Waals surface area (Å²) < 4.78 is 0. The highest BCUT2D eigenvalue weighted by atomic mass is 15.2. The van der Waals surface area contributed by atoms with Crippen molar-refractivity contribution in [1.29, 1.82) is 0 Å². The van der Waals surface area contributed by atoms with Crippen LogP contribution in [0.2, 0.25) is 0 Å². The molecule has 2 aromatic rings. The van der Waals surface area contributed by atoms with Crippen molar-refractivity contribution in [3.63, 3.8) is 0 Å². The number of nitrogens with two attached hydrogens (primary N) is 1. The molecule has 4 rings (SSSR count). The second-order valence-electron chi connectivity index (χ2n) is 5.76. The van der Waals surface area contributed by atoms with Gasteiger partial charge in [-0.05, 0) is 32.2 Å². The number of fused-ring (bicyclic) bond motifs is 2. The van der Waals surface area contributed by atoms with E-state index < -0.39 is 0 Å². The lowest BCUT2D eigenvalue weighted by atomic mass is 9.97. The number of aromatic nitrogens is 4. The monoisotopic (exact) mass is 273 g/mol. The zero-order chi connectivity index (χ0) is 13.5. The number of nitrogens with one attached hydrogen (secondary N) is 2. The first kappa shape index (κ1) is 11.9. The second-order valence-corrected chi connectivity index (χ2v) is 5.76. The summed E-state index contributed by atoms with van der Waals surface area (Å²) in [6.07, 6.45) is 6.75. The minimum atomic E-state index is 0.280. The number of H-pyrrole nitrogens is 1. The van der Waals surface area contributed by atoms with Gasteiger partial charge in [-0.3, -0.25) is 5.10 Å². The molecule has 2 aromatic heterocycles. The van der Waals surface area contributed by atoms with Crippen LogP contribution in [0.3, 0.4) is 0 Å². The second kappa shape index (κ2) is 4.59. The molecule has 0 bridgehead atoms. The molecule has 7 heteroatoms. The van der Waals surface area contributed by atoms with Crippen molar-refractivity contribution < 1.29 is 0 Å². The van der Waals surface area contributed by atoms with Crippen LogP contribution in [-0.4, -0.2) is 50.2 Å². The van der Waals surface area contributed by atoms with E-state index in [1.807, 2.05) is 0 Å². The summed E-state index contributed by atoms with van der Waals surface area (Å²) in [5.74, 6) is 1.08. The molecule has 4 N–H and O–H groups in total. The van der Waals surface area contributed by atoms with Gasteiger partial charge < -0.3 is 16.0 Å². The van der Waals surface area contributed by atoms with E-state index in [1.54, 1.807) is 6.20 Å². The predicted octanol–water partition coefficient (Wildman–Crippen LogP) is 0.974. The standard InChI is InChI=1S/C13H19N7/c14-13-17-11(10-7-15-19-12(10)18-13)16-8-3-5-20-4-1-2-9(20)6-8/h7-9H,1-6H2,(H4,14,15,16,17,18,19). The fourth-order valence-electron chi connectivity index (χ4n) is 3.51. The number of piperidine rings is 1. The Morgan fingerprint density at radius 1 is 1.30 bits per heavy atom. The summed E-state index contributed by atoms with van der Waals surface area (Å²) in [6.45, 7) is 2.45. The van der Waals surface area contributed by atoms with Crippen molar-refractivity contribution in [3.05, 3.63) is 6.20 Å². The van der Waals surface area contributed by atoms with Gasteiger partial charge in [-0.25, -0.2) is 0 Å². The molecule has 20 heavy (non-hydrogen) atoms. The van der Waals surface area contributed by atoms with Crippen LogP contribution in [0, 0.1) is 0 Å². The van der Waals surface area contributed by atoms with Crippen LogP contribution in [0.5, 0.6) is 0 Å². The highest BCUT2D eigenvalue weighted by Crippen LogP contribution is 2.29. The van der Waals surface area contributed by atoms with E-state index >= 15 is 0 Å². The quantitative estimate of drug-likeness (QED) is 0.754. The predicted molar refractivity (Wildman–Crippen MR) is 77.3 cm³/mol. The first-order valence-corrected chi connectivity index (χ1v) is 7.27. The van der Waals surface area contributed by atoms with E-state index in [2.05, 4.69) is 30.4 Å². The van der Waals surface area contributed by atoms with Crippen LogP contribution in [0.25, 0.3) is 11.0 Å². The molecule has 0 aromatic carbocycles. The van der Waals surface area contributed by atoms with Crippen molar-refractivity contribution in [2.45, 2.75) is 37.8 Å². The summed E-state index contributed by atoms with van der Waals surface area (Å²) in [5.41, 5.74) is 6.45. The van der Waals surface area contributed by atoms with Gasteiger partial charge in [0.05, 0.1) is 11.6 Å². The Bertz CT molecular complexity index is 622. The number of rotatable bonds is 2. The number of hydrogen-bond donors (Lipinski definition) is 3. The lowest BCUT2D eigenvalue weighted by molar-refractivity contribution is 0.188. The third kappa shape index (κ3) is 1.98. The molecule has 2 aliphatic rings. The number of nitrogen functional groups attached to an aromatic ring is 1. The number of nitrogens with zero attached hydrogens (tertiary/aromatic N) is 4. The molecule has 0 aliphatic carbocycles. The smallest absolute Gasteiger partial charge is 0.224 e. The first-order valence-electron chi connectivity index (χ1n) is 7.27. The molecule has 2 fully saturated rings. The summed E-state index contributed by atoms with van der Waals surface area (Å²) in [5, 5.41) is 11.3. The van der Waals surface area contributed by atoms with Crippen LogP contribution in [0.4, 0.5) is 11.8 Å². The van der Waals surface area contributed by atoms with E-state index in [0.29, 0.717) is 11.7 Å². The van der Waals surface area contributed by atoms with Crippen LogP contribution in [0.15, 0.2) is 6.20 Å². The molecule has 2 aliphatic heterocycles. The average Bonchev–Trinajstić information content (AvgIpc) is 3.05. The largest absolute Gasteiger partial charge is 0.368 e. The van der Waals surface area contributed by atoms with E-state index in [-0.39, 0.29) is 5.95 Å². The Balaban J connectivity index is 1.56. The number of anilines is 2.